The first-order chi connectivity index (χ1) is 12.9. The molecular formula is C17H17N3O4S3. The van der Waals surface area contributed by atoms with Gasteiger partial charge < -0.3 is 10.1 Å². The maximum atomic E-state index is 12.3. The lowest BCUT2D eigenvalue weighted by atomic mass is 10.2. The van der Waals surface area contributed by atoms with Crippen LogP contribution < -0.4 is 15.2 Å². The van der Waals surface area contributed by atoms with Gasteiger partial charge >= 0.3 is 0 Å². The van der Waals surface area contributed by atoms with Crippen LogP contribution in [0.3, 0.4) is 0 Å². The number of hydrogen-bond acceptors (Lipinski definition) is 7. The van der Waals surface area contributed by atoms with Crippen molar-refractivity contribution in [1.82, 2.24) is 10.3 Å². The zero-order valence-electron chi connectivity index (χ0n) is 14.1. The number of nitrogens with two attached hydrogens (primary N) is 1. The van der Waals surface area contributed by atoms with Gasteiger partial charge in [-0.3, -0.25) is 4.79 Å². The molecular weight excluding hydrogens is 406 g/mol. The van der Waals surface area contributed by atoms with E-state index in [1.165, 1.54) is 35.6 Å². The lowest BCUT2D eigenvalue weighted by Crippen LogP contribution is -2.33. The number of amides is 1. The van der Waals surface area contributed by atoms with Crippen LogP contribution in [0.15, 0.2) is 58.3 Å². The number of carbonyl (C=O) groups is 1. The van der Waals surface area contributed by atoms with E-state index in [1.54, 1.807) is 17.5 Å². The van der Waals surface area contributed by atoms with Crippen molar-refractivity contribution >= 4 is 38.6 Å². The number of sulfonamides is 1. The Morgan fingerprint density at radius 1 is 1.19 bits per heavy atom. The van der Waals surface area contributed by atoms with E-state index in [0.717, 1.165) is 9.88 Å². The highest BCUT2D eigenvalue weighted by molar-refractivity contribution is 7.89. The fourth-order valence-electron chi connectivity index (χ4n) is 2.35. The minimum atomic E-state index is -3.76. The Bertz CT molecular complexity index is 969. The number of nitrogens with zero attached hydrogens (tertiary/aromatic N) is 1. The summed E-state index contributed by atoms with van der Waals surface area (Å²) in [6, 6.07) is 9.32. The van der Waals surface area contributed by atoms with Crippen LogP contribution in [0.5, 0.6) is 5.75 Å². The minimum absolute atomic E-state index is 0.0147. The SMILES string of the molecule is NS(=O)(=O)c1ccc(OCC(=O)NC(Cc2cccs2)c2nccs2)cc1. The van der Waals surface area contributed by atoms with Gasteiger partial charge in [0.1, 0.15) is 10.8 Å². The monoisotopic (exact) mass is 423 g/mol. The first kappa shape index (κ1) is 19.5. The van der Waals surface area contributed by atoms with Crippen LogP contribution in [0.1, 0.15) is 15.9 Å². The van der Waals surface area contributed by atoms with Crippen molar-refractivity contribution in [3.63, 3.8) is 0 Å². The molecule has 142 valence electrons. The van der Waals surface area contributed by atoms with E-state index in [-0.39, 0.29) is 23.5 Å². The molecule has 27 heavy (non-hydrogen) atoms. The predicted molar refractivity (Wildman–Crippen MR) is 104 cm³/mol. The molecule has 0 spiro atoms. The van der Waals surface area contributed by atoms with Crippen molar-refractivity contribution in [2.75, 3.05) is 6.61 Å². The van der Waals surface area contributed by atoms with Crippen LogP contribution in [0.25, 0.3) is 0 Å². The van der Waals surface area contributed by atoms with Gasteiger partial charge in [-0.2, -0.15) is 0 Å². The van der Waals surface area contributed by atoms with E-state index >= 15 is 0 Å². The summed E-state index contributed by atoms with van der Waals surface area (Å²) in [7, 11) is -3.76. The molecule has 3 rings (SSSR count). The molecule has 3 aromatic rings. The summed E-state index contributed by atoms with van der Waals surface area (Å²) in [6.45, 7) is -0.193. The molecule has 0 saturated heterocycles. The standard InChI is InChI=1S/C17H17N3O4S3/c18-27(22,23)14-5-3-12(4-6-14)24-11-16(21)20-15(17-19-7-9-26-17)10-13-2-1-8-25-13/h1-9,15H,10-11H2,(H,20,21)(H2,18,22,23). The van der Waals surface area contributed by atoms with Crippen LogP contribution >= 0.6 is 22.7 Å². The molecule has 1 aromatic carbocycles. The van der Waals surface area contributed by atoms with E-state index < -0.39 is 10.0 Å². The molecule has 0 radical (unpaired) electrons. The molecule has 0 saturated carbocycles. The number of benzene rings is 1. The van der Waals surface area contributed by atoms with Crippen LogP contribution in [-0.4, -0.2) is 25.9 Å². The lowest BCUT2D eigenvalue weighted by molar-refractivity contribution is -0.123. The molecule has 0 bridgehead atoms. The summed E-state index contributed by atoms with van der Waals surface area (Å²) in [5, 5.41) is 12.7. The maximum Gasteiger partial charge on any atom is 0.258 e. The van der Waals surface area contributed by atoms with Crippen LogP contribution in [-0.2, 0) is 21.2 Å². The summed E-state index contributed by atoms with van der Waals surface area (Å²) in [5.74, 6) is 0.0869. The van der Waals surface area contributed by atoms with Crippen molar-refractivity contribution in [3.05, 3.63) is 63.2 Å². The Hall–Kier alpha value is -2.27. The smallest absolute Gasteiger partial charge is 0.258 e. The van der Waals surface area contributed by atoms with Crippen LogP contribution in [0.4, 0.5) is 0 Å². The highest BCUT2D eigenvalue weighted by atomic mass is 32.2. The van der Waals surface area contributed by atoms with Crippen molar-refractivity contribution in [3.8, 4) is 5.75 Å². The Labute approximate surface area is 164 Å². The Morgan fingerprint density at radius 2 is 1.96 bits per heavy atom. The van der Waals surface area contributed by atoms with Crippen molar-refractivity contribution in [2.45, 2.75) is 17.4 Å². The predicted octanol–water partition coefficient (Wildman–Crippen LogP) is 2.33. The number of nitrogens with one attached hydrogen (secondary N) is 1. The summed E-state index contributed by atoms with van der Waals surface area (Å²) in [4.78, 5) is 17.7. The second kappa shape index (κ2) is 8.61. The molecule has 0 fully saturated rings. The van der Waals surface area contributed by atoms with E-state index in [9.17, 15) is 13.2 Å². The molecule has 2 aromatic heterocycles. The normalized spacial score (nSPS) is 12.5. The lowest BCUT2D eigenvalue weighted by Gasteiger charge is -2.16. The van der Waals surface area contributed by atoms with Gasteiger partial charge in [-0.05, 0) is 35.7 Å². The third kappa shape index (κ3) is 5.60. The van der Waals surface area contributed by atoms with Gasteiger partial charge in [0.15, 0.2) is 6.61 Å². The highest BCUT2D eigenvalue weighted by Gasteiger charge is 2.18. The van der Waals surface area contributed by atoms with Gasteiger partial charge in [0.05, 0.1) is 10.9 Å². The maximum absolute atomic E-state index is 12.3. The third-order valence-corrected chi connectivity index (χ3v) is 6.31. The molecule has 2 heterocycles. The number of hydrogen-bond donors (Lipinski definition) is 2. The number of aromatic nitrogens is 1. The summed E-state index contributed by atoms with van der Waals surface area (Å²) in [6.07, 6.45) is 2.36. The minimum Gasteiger partial charge on any atom is -0.484 e. The number of primary sulfonamides is 1. The summed E-state index contributed by atoms with van der Waals surface area (Å²) < 4.78 is 27.9. The first-order valence-corrected chi connectivity index (χ1v) is 11.2. The number of thiophene rings is 1. The summed E-state index contributed by atoms with van der Waals surface area (Å²) in [5.41, 5.74) is 0. The Kier molecular flexibility index (Phi) is 6.22. The third-order valence-electron chi connectivity index (χ3n) is 3.59. The average Bonchev–Trinajstić information content (AvgIpc) is 3.33. The Morgan fingerprint density at radius 3 is 2.56 bits per heavy atom. The molecule has 1 atom stereocenters. The molecule has 10 heteroatoms. The Balaban J connectivity index is 1.59. The van der Waals surface area contributed by atoms with Gasteiger partial charge in [-0.1, -0.05) is 6.07 Å². The molecule has 0 aliphatic heterocycles. The van der Waals surface area contributed by atoms with Gasteiger partial charge in [0.25, 0.3) is 5.91 Å². The zero-order valence-corrected chi connectivity index (χ0v) is 16.5. The number of rotatable bonds is 8. The largest absolute Gasteiger partial charge is 0.484 e. The summed E-state index contributed by atoms with van der Waals surface area (Å²) >= 11 is 3.11. The molecule has 0 aliphatic rings. The van der Waals surface area contributed by atoms with Crippen LogP contribution in [0.2, 0.25) is 0 Å². The van der Waals surface area contributed by atoms with E-state index in [2.05, 4.69) is 10.3 Å². The molecule has 7 nitrogen and oxygen atoms in total. The second-order valence-electron chi connectivity index (χ2n) is 5.58. The topological polar surface area (TPSA) is 111 Å². The number of thiazole rings is 1. The van der Waals surface area contributed by atoms with E-state index in [0.29, 0.717) is 12.2 Å². The van der Waals surface area contributed by atoms with Crippen molar-refractivity contribution in [2.24, 2.45) is 5.14 Å². The number of carbonyl (C=O) groups excluding carboxylic acids is 1. The van der Waals surface area contributed by atoms with E-state index in [4.69, 9.17) is 9.88 Å². The fraction of sp³-hybridized carbons (Fsp3) is 0.176. The molecule has 0 aliphatic carbocycles. The quantitative estimate of drug-likeness (QED) is 0.578. The molecule has 3 N–H and O–H groups in total. The zero-order chi connectivity index (χ0) is 19.3. The van der Waals surface area contributed by atoms with Gasteiger partial charge in [-0.25, -0.2) is 18.5 Å². The highest BCUT2D eigenvalue weighted by Crippen LogP contribution is 2.23. The molecule has 1 amide bonds. The fourth-order valence-corrected chi connectivity index (χ4v) is 4.30. The first-order valence-electron chi connectivity index (χ1n) is 7.88. The van der Waals surface area contributed by atoms with Crippen LogP contribution in [0, 0.1) is 0 Å². The van der Waals surface area contributed by atoms with Crippen molar-refractivity contribution in [1.29, 1.82) is 0 Å². The number of ether oxygens (including phenoxy) is 1. The second-order valence-corrected chi connectivity index (χ2v) is 9.10. The van der Waals surface area contributed by atoms with Gasteiger partial charge in [-0.15, -0.1) is 22.7 Å². The van der Waals surface area contributed by atoms with Gasteiger partial charge in [0, 0.05) is 22.9 Å². The average molecular weight is 424 g/mol. The van der Waals surface area contributed by atoms with Gasteiger partial charge in [0.2, 0.25) is 10.0 Å². The molecule has 1 unspecified atom stereocenters. The van der Waals surface area contributed by atoms with E-state index in [1.807, 2.05) is 22.9 Å². The van der Waals surface area contributed by atoms with Crippen molar-refractivity contribution < 1.29 is 17.9 Å².